The molecule has 0 spiro atoms. The summed E-state index contributed by atoms with van der Waals surface area (Å²) in [4.78, 5) is 23.9. The predicted molar refractivity (Wildman–Crippen MR) is 73.8 cm³/mol. The Hall–Kier alpha value is -2.37. The zero-order chi connectivity index (χ0) is 15.0. The molecule has 0 aliphatic heterocycles. The third-order valence-corrected chi connectivity index (χ3v) is 3.77. The van der Waals surface area contributed by atoms with E-state index in [0.29, 0.717) is 12.5 Å². The van der Waals surface area contributed by atoms with Crippen LogP contribution < -0.4 is 10.7 Å². The number of amides is 1. The molecule has 1 fully saturated rings. The number of phenolic OH excluding ortho intramolecular Hbond substituents is 1. The van der Waals surface area contributed by atoms with E-state index in [2.05, 4.69) is 5.32 Å². The van der Waals surface area contributed by atoms with Gasteiger partial charge in [0.2, 0.25) is 0 Å². The van der Waals surface area contributed by atoms with Crippen LogP contribution in [0.4, 0.5) is 4.39 Å². The first-order valence-corrected chi connectivity index (χ1v) is 6.79. The SMILES string of the molecule is O=C(NCC1CCC1)c1cc(=O)c2cc(F)cc(O)c2o1. The monoisotopic (exact) mass is 291 g/mol. The summed E-state index contributed by atoms with van der Waals surface area (Å²) >= 11 is 0. The smallest absolute Gasteiger partial charge is 0.287 e. The topological polar surface area (TPSA) is 79.5 Å². The molecule has 3 rings (SSSR count). The first-order valence-electron chi connectivity index (χ1n) is 6.79. The van der Waals surface area contributed by atoms with Crippen molar-refractivity contribution in [3.8, 4) is 5.75 Å². The molecule has 0 unspecified atom stereocenters. The number of fused-ring (bicyclic) bond motifs is 1. The van der Waals surface area contributed by atoms with Gasteiger partial charge in [-0.1, -0.05) is 6.42 Å². The molecule has 1 aliphatic carbocycles. The number of carbonyl (C=O) groups excluding carboxylic acids is 1. The number of carbonyl (C=O) groups is 1. The first-order chi connectivity index (χ1) is 10.0. The van der Waals surface area contributed by atoms with Crippen LogP contribution in [0.25, 0.3) is 11.0 Å². The Morgan fingerprint density at radius 3 is 2.81 bits per heavy atom. The molecule has 5 nitrogen and oxygen atoms in total. The van der Waals surface area contributed by atoms with E-state index in [4.69, 9.17) is 4.42 Å². The van der Waals surface area contributed by atoms with Crippen LogP contribution in [0.15, 0.2) is 27.4 Å². The Balaban J connectivity index is 1.92. The van der Waals surface area contributed by atoms with E-state index in [9.17, 15) is 19.1 Å². The molecule has 0 atom stereocenters. The lowest BCUT2D eigenvalue weighted by Gasteiger charge is -2.25. The van der Waals surface area contributed by atoms with Crippen molar-refractivity contribution in [1.82, 2.24) is 5.32 Å². The van der Waals surface area contributed by atoms with Crippen molar-refractivity contribution in [3.05, 3.63) is 40.0 Å². The van der Waals surface area contributed by atoms with E-state index >= 15 is 0 Å². The largest absolute Gasteiger partial charge is 0.504 e. The second-order valence-corrected chi connectivity index (χ2v) is 5.28. The van der Waals surface area contributed by atoms with Gasteiger partial charge in [0, 0.05) is 18.7 Å². The number of phenols is 1. The fraction of sp³-hybridized carbons (Fsp3) is 0.333. The lowest BCUT2D eigenvalue weighted by Crippen LogP contribution is -2.32. The molecule has 0 radical (unpaired) electrons. The summed E-state index contributed by atoms with van der Waals surface area (Å²) < 4.78 is 18.4. The van der Waals surface area contributed by atoms with Crippen molar-refractivity contribution in [3.63, 3.8) is 0 Å². The summed E-state index contributed by atoms with van der Waals surface area (Å²) in [5, 5.41) is 12.2. The predicted octanol–water partition coefficient (Wildman–Crippen LogP) is 2.17. The lowest BCUT2D eigenvalue weighted by molar-refractivity contribution is 0.0911. The molecule has 2 aromatic rings. The standard InChI is InChI=1S/C15H14FNO4/c16-9-4-10-11(18)6-13(21-14(10)12(19)5-9)15(20)17-7-8-2-1-3-8/h4-6,8,19H,1-3,7H2,(H,17,20). The van der Waals surface area contributed by atoms with Gasteiger partial charge in [-0.25, -0.2) is 4.39 Å². The first kappa shape index (κ1) is 13.6. The quantitative estimate of drug-likeness (QED) is 0.908. The minimum Gasteiger partial charge on any atom is -0.504 e. The highest BCUT2D eigenvalue weighted by atomic mass is 19.1. The Morgan fingerprint density at radius 1 is 1.38 bits per heavy atom. The molecule has 6 heteroatoms. The zero-order valence-corrected chi connectivity index (χ0v) is 11.2. The van der Waals surface area contributed by atoms with Crippen molar-refractivity contribution in [1.29, 1.82) is 0 Å². The average Bonchev–Trinajstić information content (AvgIpc) is 2.37. The maximum Gasteiger partial charge on any atom is 0.287 e. The second kappa shape index (κ2) is 5.20. The van der Waals surface area contributed by atoms with Gasteiger partial charge < -0.3 is 14.8 Å². The number of benzene rings is 1. The van der Waals surface area contributed by atoms with Crippen molar-refractivity contribution < 1.29 is 18.7 Å². The van der Waals surface area contributed by atoms with Gasteiger partial charge in [0.15, 0.2) is 22.5 Å². The van der Waals surface area contributed by atoms with Crippen molar-refractivity contribution >= 4 is 16.9 Å². The number of hydrogen-bond donors (Lipinski definition) is 2. The van der Waals surface area contributed by atoms with Crippen LogP contribution in [0.5, 0.6) is 5.75 Å². The molecular weight excluding hydrogens is 277 g/mol. The number of halogens is 1. The second-order valence-electron chi connectivity index (χ2n) is 5.28. The fourth-order valence-corrected chi connectivity index (χ4v) is 2.34. The molecule has 110 valence electrons. The van der Waals surface area contributed by atoms with E-state index in [1.54, 1.807) is 0 Å². The molecule has 2 N–H and O–H groups in total. The highest BCUT2D eigenvalue weighted by molar-refractivity contribution is 5.93. The normalized spacial score (nSPS) is 14.9. The molecule has 1 aromatic carbocycles. The maximum absolute atomic E-state index is 13.2. The maximum atomic E-state index is 13.2. The van der Waals surface area contributed by atoms with E-state index in [1.165, 1.54) is 6.42 Å². The Labute approximate surface area is 119 Å². The fourth-order valence-electron chi connectivity index (χ4n) is 2.34. The number of nitrogens with one attached hydrogen (secondary N) is 1. The van der Waals surface area contributed by atoms with Gasteiger partial charge in [0.1, 0.15) is 5.82 Å². The van der Waals surface area contributed by atoms with Crippen LogP contribution in [-0.2, 0) is 0 Å². The molecule has 1 heterocycles. The van der Waals surface area contributed by atoms with Gasteiger partial charge in [0.05, 0.1) is 5.39 Å². The van der Waals surface area contributed by atoms with Crippen LogP contribution in [0.2, 0.25) is 0 Å². The summed E-state index contributed by atoms with van der Waals surface area (Å²) in [5.41, 5.74) is -0.752. The van der Waals surface area contributed by atoms with Crippen molar-refractivity contribution in [2.75, 3.05) is 6.54 Å². The Bertz CT molecular complexity index is 764. The molecular formula is C15H14FNO4. The van der Waals surface area contributed by atoms with Gasteiger partial charge in [-0.2, -0.15) is 0 Å². The summed E-state index contributed by atoms with van der Waals surface area (Å²) in [6.07, 6.45) is 3.34. The van der Waals surface area contributed by atoms with Crippen LogP contribution in [0.3, 0.4) is 0 Å². The summed E-state index contributed by atoms with van der Waals surface area (Å²) in [6, 6.07) is 2.82. The van der Waals surface area contributed by atoms with Gasteiger partial charge in [-0.05, 0) is 24.8 Å². The van der Waals surface area contributed by atoms with Crippen LogP contribution in [0.1, 0.15) is 29.8 Å². The van der Waals surface area contributed by atoms with Crippen molar-refractivity contribution in [2.45, 2.75) is 19.3 Å². The molecule has 1 saturated carbocycles. The van der Waals surface area contributed by atoms with Crippen molar-refractivity contribution in [2.24, 2.45) is 5.92 Å². The van der Waals surface area contributed by atoms with Gasteiger partial charge in [-0.3, -0.25) is 9.59 Å². The third-order valence-electron chi connectivity index (χ3n) is 3.77. The summed E-state index contributed by atoms with van der Waals surface area (Å²) in [7, 11) is 0. The molecule has 21 heavy (non-hydrogen) atoms. The van der Waals surface area contributed by atoms with Gasteiger partial charge in [-0.15, -0.1) is 0 Å². The molecule has 1 amide bonds. The molecule has 1 aliphatic rings. The Kier molecular flexibility index (Phi) is 3.37. The number of aromatic hydroxyl groups is 1. The lowest BCUT2D eigenvalue weighted by atomic mass is 9.85. The van der Waals surface area contributed by atoms with Crippen LogP contribution in [0, 0.1) is 11.7 Å². The highest BCUT2D eigenvalue weighted by Gasteiger charge is 2.20. The summed E-state index contributed by atoms with van der Waals surface area (Å²) in [5.74, 6) is -1.47. The minimum absolute atomic E-state index is 0.0944. The van der Waals surface area contributed by atoms with Crippen LogP contribution in [-0.4, -0.2) is 17.6 Å². The van der Waals surface area contributed by atoms with E-state index < -0.39 is 22.9 Å². The number of hydrogen-bond acceptors (Lipinski definition) is 4. The molecule has 0 saturated heterocycles. The molecule has 0 bridgehead atoms. The van der Waals surface area contributed by atoms with E-state index in [1.807, 2.05) is 0 Å². The van der Waals surface area contributed by atoms with Gasteiger partial charge in [0.25, 0.3) is 5.91 Å². The van der Waals surface area contributed by atoms with E-state index in [0.717, 1.165) is 31.0 Å². The summed E-state index contributed by atoms with van der Waals surface area (Å²) in [6.45, 7) is 0.538. The highest BCUT2D eigenvalue weighted by Crippen LogP contribution is 2.26. The van der Waals surface area contributed by atoms with E-state index in [-0.39, 0.29) is 16.7 Å². The molecule has 1 aromatic heterocycles. The van der Waals surface area contributed by atoms with Crippen LogP contribution >= 0.6 is 0 Å². The average molecular weight is 291 g/mol. The zero-order valence-electron chi connectivity index (χ0n) is 11.2. The third kappa shape index (κ3) is 2.61. The minimum atomic E-state index is -0.741. The van der Waals surface area contributed by atoms with Gasteiger partial charge >= 0.3 is 0 Å². The number of rotatable bonds is 3. The Morgan fingerprint density at radius 2 is 2.14 bits per heavy atom.